The molecule has 31 heavy (non-hydrogen) atoms. The Balaban J connectivity index is 1.57. The third kappa shape index (κ3) is 4.46. The summed E-state index contributed by atoms with van der Waals surface area (Å²) in [6.45, 7) is 2.51. The topological polar surface area (TPSA) is 66.8 Å². The van der Waals surface area contributed by atoms with Crippen LogP contribution in [0.1, 0.15) is 51.0 Å². The van der Waals surface area contributed by atoms with E-state index in [4.69, 9.17) is 4.74 Å². The van der Waals surface area contributed by atoms with Gasteiger partial charge in [-0.1, -0.05) is 43.2 Å². The molecule has 1 aliphatic heterocycles. The smallest absolute Gasteiger partial charge is 0.337 e. The highest BCUT2D eigenvalue weighted by Crippen LogP contribution is 2.44. The predicted molar refractivity (Wildman–Crippen MR) is 120 cm³/mol. The molecule has 164 valence electrons. The summed E-state index contributed by atoms with van der Waals surface area (Å²) in [5.41, 5.74) is 1.20. The second-order valence-electron chi connectivity index (χ2n) is 8.80. The van der Waals surface area contributed by atoms with Gasteiger partial charge in [0.25, 0.3) is 0 Å². The fourth-order valence-corrected chi connectivity index (χ4v) is 5.29. The van der Waals surface area contributed by atoms with Gasteiger partial charge in [-0.2, -0.15) is 0 Å². The number of ether oxygens (including phenoxy) is 1. The maximum Gasteiger partial charge on any atom is 0.337 e. The second kappa shape index (κ2) is 9.13. The van der Waals surface area contributed by atoms with Crippen LogP contribution in [0.3, 0.4) is 0 Å². The highest BCUT2D eigenvalue weighted by molar-refractivity contribution is 6.08. The van der Waals surface area contributed by atoms with E-state index in [0.717, 1.165) is 36.9 Å². The lowest BCUT2D eigenvalue weighted by atomic mass is 9.75. The molecule has 0 bridgehead atoms. The Hall–Kier alpha value is -2.82. The second-order valence-corrected chi connectivity index (χ2v) is 8.80. The molecule has 2 aliphatic rings. The summed E-state index contributed by atoms with van der Waals surface area (Å²) < 4.78 is 6.24. The van der Waals surface area contributed by atoms with Crippen molar-refractivity contribution in [3.8, 4) is 5.75 Å². The lowest BCUT2D eigenvalue weighted by Crippen LogP contribution is -2.59. The molecule has 0 radical (unpaired) electrons. The van der Waals surface area contributed by atoms with Crippen LogP contribution in [0.5, 0.6) is 5.75 Å². The molecule has 5 nitrogen and oxygen atoms in total. The number of para-hydroxylation sites is 1. The molecule has 1 saturated heterocycles. The zero-order chi connectivity index (χ0) is 21.8. The van der Waals surface area contributed by atoms with E-state index in [9.17, 15) is 14.7 Å². The number of phenols is 1. The zero-order valence-corrected chi connectivity index (χ0v) is 18.1. The van der Waals surface area contributed by atoms with Gasteiger partial charge in [0, 0.05) is 18.7 Å². The van der Waals surface area contributed by atoms with E-state index in [-0.39, 0.29) is 23.9 Å². The first-order valence-electron chi connectivity index (χ1n) is 11.4. The number of phenolic OH excluding ortho intramolecular Hbond substituents is 1. The molecular formula is C26H31NO4. The minimum Gasteiger partial charge on any atom is -0.508 e. The summed E-state index contributed by atoms with van der Waals surface area (Å²) in [7, 11) is 0. The third-order valence-electron chi connectivity index (χ3n) is 6.92. The first-order chi connectivity index (χ1) is 15.0. The van der Waals surface area contributed by atoms with Gasteiger partial charge in [-0.25, -0.2) is 4.79 Å². The van der Waals surface area contributed by atoms with Crippen LogP contribution in [-0.4, -0.2) is 35.0 Å². The zero-order valence-electron chi connectivity index (χ0n) is 18.1. The number of esters is 1. The molecule has 0 spiro atoms. The Morgan fingerprint density at radius 2 is 1.71 bits per heavy atom. The third-order valence-corrected chi connectivity index (χ3v) is 6.92. The Kier molecular flexibility index (Phi) is 6.30. The summed E-state index contributed by atoms with van der Waals surface area (Å²) in [5.74, 6) is 0.00123. The van der Waals surface area contributed by atoms with Crippen molar-refractivity contribution in [1.82, 2.24) is 0 Å². The molecule has 1 aliphatic carbocycles. The van der Waals surface area contributed by atoms with Gasteiger partial charge in [-0.3, -0.25) is 4.79 Å². The number of anilines is 1. The van der Waals surface area contributed by atoms with Gasteiger partial charge < -0.3 is 14.7 Å². The van der Waals surface area contributed by atoms with E-state index in [1.807, 2.05) is 54.3 Å². The standard InChI is InChI=1S/C26H31NO4/c1-2-27(21-10-4-3-5-11-21)24-23(29)18-26(31-25(24)30,20-8-6-7-9-20)17-16-19-12-14-22(28)15-13-19/h3-5,10-15,20,24,28H,2,6-9,16-18H2,1H3. The van der Waals surface area contributed by atoms with Crippen molar-refractivity contribution in [2.75, 3.05) is 11.4 Å². The summed E-state index contributed by atoms with van der Waals surface area (Å²) in [6.07, 6.45) is 5.84. The van der Waals surface area contributed by atoms with Gasteiger partial charge in [0.15, 0.2) is 11.8 Å². The fourth-order valence-electron chi connectivity index (χ4n) is 5.29. The summed E-state index contributed by atoms with van der Waals surface area (Å²) in [5, 5.41) is 9.55. The molecule has 2 fully saturated rings. The fraction of sp³-hybridized carbons (Fsp3) is 0.462. The monoisotopic (exact) mass is 421 g/mol. The Bertz CT molecular complexity index is 885. The highest BCUT2D eigenvalue weighted by atomic mass is 16.6. The number of likely N-dealkylation sites (N-methyl/N-ethyl adjacent to an activating group) is 1. The molecule has 0 amide bonds. The quantitative estimate of drug-likeness (QED) is 0.520. The SMILES string of the molecule is CCN(c1ccccc1)C1C(=O)CC(CCc2ccc(O)cc2)(C2CCCC2)OC1=O. The lowest BCUT2D eigenvalue weighted by Gasteiger charge is -2.45. The Morgan fingerprint density at radius 1 is 1.03 bits per heavy atom. The van der Waals surface area contributed by atoms with E-state index in [2.05, 4.69) is 0 Å². The van der Waals surface area contributed by atoms with Crippen LogP contribution in [0, 0.1) is 5.92 Å². The number of hydrogen-bond donors (Lipinski definition) is 1. The van der Waals surface area contributed by atoms with Crippen LogP contribution in [0.2, 0.25) is 0 Å². The number of aromatic hydroxyl groups is 1. The molecule has 1 saturated carbocycles. The predicted octanol–water partition coefficient (Wildman–Crippen LogP) is 4.66. The van der Waals surface area contributed by atoms with Crippen LogP contribution < -0.4 is 4.90 Å². The van der Waals surface area contributed by atoms with Crippen molar-refractivity contribution in [2.24, 2.45) is 5.92 Å². The van der Waals surface area contributed by atoms with Crippen LogP contribution in [-0.2, 0) is 20.7 Å². The van der Waals surface area contributed by atoms with Gasteiger partial charge in [-0.15, -0.1) is 0 Å². The first-order valence-corrected chi connectivity index (χ1v) is 11.4. The average Bonchev–Trinajstić information content (AvgIpc) is 3.32. The molecular weight excluding hydrogens is 390 g/mol. The molecule has 2 atom stereocenters. The average molecular weight is 422 g/mol. The van der Waals surface area contributed by atoms with E-state index in [1.54, 1.807) is 12.1 Å². The summed E-state index contributed by atoms with van der Waals surface area (Å²) >= 11 is 0. The molecule has 2 aromatic carbocycles. The molecule has 1 heterocycles. The van der Waals surface area contributed by atoms with Gasteiger partial charge in [0.05, 0.1) is 0 Å². The normalized spacial score (nSPS) is 24.2. The molecule has 2 aromatic rings. The van der Waals surface area contributed by atoms with Crippen LogP contribution in [0.4, 0.5) is 5.69 Å². The van der Waals surface area contributed by atoms with Crippen LogP contribution >= 0.6 is 0 Å². The Labute approximate surface area is 184 Å². The minimum atomic E-state index is -0.879. The number of nitrogens with zero attached hydrogens (tertiary/aromatic N) is 1. The number of rotatable bonds is 7. The van der Waals surface area contributed by atoms with Crippen molar-refractivity contribution in [3.63, 3.8) is 0 Å². The largest absolute Gasteiger partial charge is 0.508 e. The number of aryl methyl sites for hydroxylation is 1. The van der Waals surface area contributed by atoms with Gasteiger partial charge in [-0.05, 0) is 68.4 Å². The molecule has 1 N–H and O–H groups in total. The molecule has 2 unspecified atom stereocenters. The number of ketones is 1. The van der Waals surface area contributed by atoms with Gasteiger partial charge in [0.1, 0.15) is 11.4 Å². The van der Waals surface area contributed by atoms with Gasteiger partial charge in [0.2, 0.25) is 0 Å². The van der Waals surface area contributed by atoms with Crippen molar-refractivity contribution in [1.29, 1.82) is 0 Å². The number of carbonyl (C=O) groups excluding carboxylic acids is 2. The summed E-state index contributed by atoms with van der Waals surface area (Å²) in [4.78, 5) is 28.6. The van der Waals surface area contributed by atoms with Crippen molar-refractivity contribution >= 4 is 17.4 Å². The van der Waals surface area contributed by atoms with Gasteiger partial charge >= 0.3 is 5.97 Å². The van der Waals surface area contributed by atoms with Crippen molar-refractivity contribution in [2.45, 2.75) is 63.5 Å². The number of cyclic esters (lactones) is 1. The molecule has 0 aromatic heterocycles. The number of carbonyl (C=O) groups is 2. The summed E-state index contributed by atoms with van der Waals surface area (Å²) in [6, 6.07) is 15.8. The maximum absolute atomic E-state index is 13.4. The maximum atomic E-state index is 13.4. The van der Waals surface area contributed by atoms with E-state index in [1.165, 1.54) is 0 Å². The minimum absolute atomic E-state index is 0.0421. The van der Waals surface area contributed by atoms with E-state index < -0.39 is 17.6 Å². The highest BCUT2D eigenvalue weighted by Gasteiger charge is 2.52. The Morgan fingerprint density at radius 3 is 2.32 bits per heavy atom. The number of hydrogen-bond acceptors (Lipinski definition) is 5. The molecule has 5 heteroatoms. The van der Waals surface area contributed by atoms with Crippen LogP contribution in [0.25, 0.3) is 0 Å². The van der Waals surface area contributed by atoms with Crippen molar-refractivity contribution in [3.05, 3.63) is 60.2 Å². The number of Topliss-reactive ketones (excluding diaryl/α,β-unsaturated/α-hetero) is 1. The van der Waals surface area contributed by atoms with Crippen molar-refractivity contribution < 1.29 is 19.4 Å². The lowest BCUT2D eigenvalue weighted by molar-refractivity contribution is -0.181. The van der Waals surface area contributed by atoms with E-state index >= 15 is 0 Å². The van der Waals surface area contributed by atoms with E-state index in [0.29, 0.717) is 19.4 Å². The van der Waals surface area contributed by atoms with Crippen LogP contribution in [0.15, 0.2) is 54.6 Å². The number of benzene rings is 2. The molecule has 4 rings (SSSR count). The first kappa shape index (κ1) is 21.4.